The average molecular weight is 602 g/mol. The number of aliphatic imine (C=N–C) groups is 2. The molecule has 7 heteroatoms. The maximum Gasteiger partial charge on any atom is 0.337 e. The molecule has 0 spiro atoms. The number of carbonyl (C=O) groups is 1. The quantitative estimate of drug-likeness (QED) is 0.115. The number of allylic oxidation sites excluding steroid dienone is 3. The predicted molar refractivity (Wildman–Crippen MR) is 185 cm³/mol. The van der Waals surface area contributed by atoms with Crippen LogP contribution in [0.1, 0.15) is 63.8 Å². The lowest BCUT2D eigenvalue weighted by molar-refractivity contribution is -0.136. The minimum absolute atomic E-state index is 0.306. The van der Waals surface area contributed by atoms with Gasteiger partial charge >= 0.3 is 5.97 Å². The lowest BCUT2D eigenvalue weighted by Gasteiger charge is -2.19. The van der Waals surface area contributed by atoms with Gasteiger partial charge in [0, 0.05) is 35.6 Å². The third-order valence-electron chi connectivity index (χ3n) is 6.11. The minimum Gasteiger partial charge on any atom is -0.488 e. The first-order valence-corrected chi connectivity index (χ1v) is 14.5. The van der Waals surface area contributed by atoms with E-state index in [-0.39, 0.29) is 0 Å². The van der Waals surface area contributed by atoms with Gasteiger partial charge in [0.05, 0.1) is 18.4 Å². The van der Waals surface area contributed by atoms with Gasteiger partial charge in [0.25, 0.3) is 0 Å². The molecule has 0 aliphatic rings. The van der Waals surface area contributed by atoms with Crippen molar-refractivity contribution in [2.75, 3.05) is 14.2 Å². The number of hydrogen-bond acceptors (Lipinski definition) is 6. The van der Waals surface area contributed by atoms with Crippen LogP contribution in [0.2, 0.25) is 5.02 Å². The molecule has 0 aliphatic carbocycles. The highest BCUT2D eigenvalue weighted by molar-refractivity contribution is 6.30. The summed E-state index contributed by atoms with van der Waals surface area (Å²) < 4.78 is 11.3. The van der Waals surface area contributed by atoms with Crippen LogP contribution in [0.25, 0.3) is 16.9 Å². The van der Waals surface area contributed by atoms with E-state index in [2.05, 4.69) is 9.98 Å². The normalized spacial score (nSPS) is 12.1. The highest BCUT2D eigenvalue weighted by Gasteiger charge is 2.19. The van der Waals surface area contributed by atoms with E-state index in [1.165, 1.54) is 13.3 Å². The number of hydrogen-bond donors (Lipinski definition) is 1. The highest BCUT2D eigenvalue weighted by Crippen LogP contribution is 2.32. The SMILES string of the molecule is C/C=C(/C)c1cc(/C(C=Nc2cccc(Cl)c2)=C/N)ccc1/C(OCc1ccccc1)=C(\C)C(=O)OC.CC.CC=NC. The average Bonchev–Trinajstić information content (AvgIpc) is 3.06. The molecule has 0 amide bonds. The molecule has 0 saturated heterocycles. The van der Waals surface area contributed by atoms with Crippen LogP contribution in [0.4, 0.5) is 5.69 Å². The van der Waals surface area contributed by atoms with Crippen LogP contribution >= 0.6 is 11.6 Å². The van der Waals surface area contributed by atoms with Gasteiger partial charge in [-0.3, -0.25) is 4.99 Å². The fourth-order valence-corrected chi connectivity index (χ4v) is 3.87. The lowest BCUT2D eigenvalue weighted by atomic mass is 9.93. The van der Waals surface area contributed by atoms with Crippen molar-refractivity contribution < 1.29 is 14.3 Å². The number of halogens is 1. The molecule has 0 aliphatic heterocycles. The highest BCUT2D eigenvalue weighted by atomic mass is 35.5. The minimum atomic E-state index is -0.451. The Kier molecular flexibility index (Phi) is 17.4. The number of carbonyl (C=O) groups excluding carboxylic acids is 1. The Morgan fingerprint density at radius 2 is 1.63 bits per heavy atom. The molecule has 228 valence electrons. The second-order valence-electron chi connectivity index (χ2n) is 8.83. The fourth-order valence-electron chi connectivity index (χ4n) is 3.68. The Labute approximate surface area is 262 Å². The molecule has 2 N–H and O–H groups in total. The molecular weight excluding hydrogens is 558 g/mol. The van der Waals surface area contributed by atoms with Crippen molar-refractivity contribution >= 4 is 52.6 Å². The number of benzene rings is 3. The monoisotopic (exact) mass is 601 g/mol. The van der Waals surface area contributed by atoms with Crippen LogP contribution < -0.4 is 5.73 Å². The van der Waals surface area contributed by atoms with Crippen LogP contribution in [0, 0.1) is 0 Å². The molecule has 0 aromatic heterocycles. The lowest BCUT2D eigenvalue weighted by Crippen LogP contribution is -2.08. The maximum absolute atomic E-state index is 12.5. The van der Waals surface area contributed by atoms with Crippen molar-refractivity contribution in [3.63, 3.8) is 0 Å². The van der Waals surface area contributed by atoms with Gasteiger partial charge < -0.3 is 20.2 Å². The molecule has 0 fully saturated rings. The Morgan fingerprint density at radius 3 is 2.19 bits per heavy atom. The molecule has 0 unspecified atom stereocenters. The van der Waals surface area contributed by atoms with E-state index in [4.69, 9.17) is 26.8 Å². The summed E-state index contributed by atoms with van der Waals surface area (Å²) in [6.07, 6.45) is 6.98. The largest absolute Gasteiger partial charge is 0.488 e. The van der Waals surface area contributed by atoms with E-state index in [1.54, 1.807) is 38.5 Å². The van der Waals surface area contributed by atoms with Gasteiger partial charge in [0.1, 0.15) is 12.4 Å². The van der Waals surface area contributed by atoms with Gasteiger partial charge in [-0.25, -0.2) is 4.79 Å². The van der Waals surface area contributed by atoms with Gasteiger partial charge in [0.15, 0.2) is 0 Å². The first-order valence-electron chi connectivity index (χ1n) is 14.1. The molecule has 0 atom stereocenters. The van der Waals surface area contributed by atoms with Crippen LogP contribution in [-0.4, -0.2) is 32.6 Å². The number of esters is 1. The predicted octanol–water partition coefficient (Wildman–Crippen LogP) is 9.32. The summed E-state index contributed by atoms with van der Waals surface area (Å²) in [4.78, 5) is 20.7. The van der Waals surface area contributed by atoms with Gasteiger partial charge in [0.2, 0.25) is 0 Å². The van der Waals surface area contributed by atoms with E-state index in [0.29, 0.717) is 23.0 Å². The maximum atomic E-state index is 12.5. The van der Waals surface area contributed by atoms with E-state index < -0.39 is 5.97 Å². The van der Waals surface area contributed by atoms with Gasteiger partial charge in [-0.1, -0.05) is 80.1 Å². The van der Waals surface area contributed by atoms with Crippen molar-refractivity contribution in [2.45, 2.75) is 48.1 Å². The molecule has 0 radical (unpaired) electrons. The van der Waals surface area contributed by atoms with Crippen molar-refractivity contribution in [2.24, 2.45) is 15.7 Å². The van der Waals surface area contributed by atoms with Crippen molar-refractivity contribution in [3.05, 3.63) is 118 Å². The first-order chi connectivity index (χ1) is 20.8. The summed E-state index contributed by atoms with van der Waals surface area (Å²) in [5.41, 5.74) is 12.4. The zero-order valence-electron chi connectivity index (χ0n) is 26.5. The summed E-state index contributed by atoms with van der Waals surface area (Å²) in [6.45, 7) is 11.9. The molecule has 3 aromatic carbocycles. The van der Waals surface area contributed by atoms with E-state index in [1.807, 2.05) is 101 Å². The molecule has 6 nitrogen and oxygen atoms in total. The number of nitrogens with zero attached hydrogens (tertiary/aromatic N) is 2. The summed E-state index contributed by atoms with van der Waals surface area (Å²) in [5.74, 6) is 0.0109. The standard InChI is InChI=1S/C31H31ClN2O3.C3H7N.C2H6/c1-5-21(2)29-16-24(25(18-33)19-34-27-13-9-12-26(32)17-27)14-15-28(29)30(22(3)31(35)36-4)37-20-23-10-7-6-8-11-23;1-3-4-2;1-2/h5-19H,20,33H2,1-4H3;3H,1-2H3;1-2H3/b21-5-,25-18+,30-22-,34-19?;;. The van der Waals surface area contributed by atoms with Gasteiger partial charge in [-0.15, -0.1) is 0 Å². The summed E-state index contributed by atoms with van der Waals surface area (Å²) in [5, 5.41) is 0.610. The number of rotatable bonds is 9. The molecule has 0 bridgehead atoms. The smallest absolute Gasteiger partial charge is 0.337 e. The molecule has 43 heavy (non-hydrogen) atoms. The topological polar surface area (TPSA) is 86.3 Å². The molecule has 0 heterocycles. The third kappa shape index (κ3) is 11.8. The molecule has 3 rings (SSSR count). The number of ether oxygens (including phenoxy) is 2. The first kappa shape index (κ1) is 36.6. The van der Waals surface area contributed by atoms with Crippen LogP contribution in [0.15, 0.2) is 101 Å². The Hall–Kier alpha value is -4.42. The zero-order chi connectivity index (χ0) is 32.2. The van der Waals surface area contributed by atoms with Crippen molar-refractivity contribution in [1.29, 1.82) is 0 Å². The Bertz CT molecular complexity index is 1450. The van der Waals surface area contributed by atoms with E-state index in [0.717, 1.165) is 39.1 Å². The second kappa shape index (κ2) is 20.5. The molecule has 3 aromatic rings. The van der Waals surface area contributed by atoms with E-state index >= 15 is 0 Å². The fraction of sp³-hybridized carbons (Fsp3) is 0.250. The third-order valence-corrected chi connectivity index (χ3v) is 6.35. The Balaban J connectivity index is 0.00000142. The summed E-state index contributed by atoms with van der Waals surface area (Å²) >= 11 is 6.08. The zero-order valence-corrected chi connectivity index (χ0v) is 27.3. The van der Waals surface area contributed by atoms with Crippen molar-refractivity contribution in [1.82, 2.24) is 0 Å². The van der Waals surface area contributed by atoms with Gasteiger partial charge in [-0.05, 0) is 80.4 Å². The van der Waals surface area contributed by atoms with Gasteiger partial charge in [-0.2, -0.15) is 0 Å². The number of methoxy groups -OCH3 is 1. The van der Waals surface area contributed by atoms with E-state index in [9.17, 15) is 4.79 Å². The molecule has 0 saturated carbocycles. The second-order valence-corrected chi connectivity index (χ2v) is 9.26. The number of nitrogens with two attached hydrogens (primary N) is 1. The van der Waals surface area contributed by atoms with Crippen molar-refractivity contribution in [3.8, 4) is 0 Å². The van der Waals surface area contributed by atoms with Crippen LogP contribution in [0.5, 0.6) is 0 Å². The molecular formula is C36H44ClN3O3. The summed E-state index contributed by atoms with van der Waals surface area (Å²) in [7, 11) is 3.11. The van der Waals surface area contributed by atoms with Crippen LogP contribution in [-0.2, 0) is 20.9 Å². The summed E-state index contributed by atoms with van der Waals surface area (Å²) in [6, 6.07) is 23.0. The Morgan fingerprint density at radius 1 is 0.953 bits per heavy atom. The van der Waals surface area contributed by atoms with Crippen LogP contribution in [0.3, 0.4) is 0 Å².